The summed E-state index contributed by atoms with van der Waals surface area (Å²) in [6.45, 7) is 1.08. The van der Waals surface area contributed by atoms with E-state index in [1.807, 2.05) is 30.3 Å². The molecule has 4 nitrogen and oxygen atoms in total. The standard InChI is InChI=1S/C12H14N2O2/c1-13-11(15)7-8-14(12(13)16)9-10-5-3-2-4-6-10/h2-6H,7-9H2,1H3. The number of nitrogens with zero attached hydrogens (tertiary/aromatic N) is 2. The zero-order valence-electron chi connectivity index (χ0n) is 9.22. The van der Waals surface area contributed by atoms with Crippen molar-refractivity contribution in [2.45, 2.75) is 13.0 Å². The van der Waals surface area contributed by atoms with Crippen molar-refractivity contribution in [3.63, 3.8) is 0 Å². The molecule has 1 fully saturated rings. The normalized spacial score (nSPS) is 16.8. The van der Waals surface area contributed by atoms with Crippen LogP contribution in [0.4, 0.5) is 4.79 Å². The number of benzene rings is 1. The van der Waals surface area contributed by atoms with Crippen LogP contribution in [0.15, 0.2) is 30.3 Å². The molecule has 1 aromatic rings. The summed E-state index contributed by atoms with van der Waals surface area (Å²) in [5.74, 6) is -0.102. The second-order valence-corrected chi connectivity index (χ2v) is 3.89. The lowest BCUT2D eigenvalue weighted by Crippen LogP contribution is -2.49. The lowest BCUT2D eigenvalue weighted by atomic mass is 10.2. The van der Waals surface area contributed by atoms with Crippen LogP contribution in [-0.4, -0.2) is 35.3 Å². The topological polar surface area (TPSA) is 40.6 Å². The molecule has 0 bridgehead atoms. The Morgan fingerprint density at radius 3 is 2.56 bits per heavy atom. The molecule has 0 N–H and O–H groups in total. The average Bonchev–Trinajstić information content (AvgIpc) is 2.31. The van der Waals surface area contributed by atoms with E-state index in [2.05, 4.69) is 0 Å². The minimum atomic E-state index is -0.208. The predicted molar refractivity (Wildman–Crippen MR) is 59.6 cm³/mol. The van der Waals surface area contributed by atoms with Gasteiger partial charge in [-0.15, -0.1) is 0 Å². The fourth-order valence-corrected chi connectivity index (χ4v) is 1.76. The van der Waals surface area contributed by atoms with Gasteiger partial charge >= 0.3 is 6.03 Å². The molecule has 84 valence electrons. The molecular weight excluding hydrogens is 204 g/mol. The first-order valence-corrected chi connectivity index (χ1v) is 5.28. The van der Waals surface area contributed by atoms with E-state index in [1.54, 1.807) is 4.90 Å². The van der Waals surface area contributed by atoms with Crippen LogP contribution in [-0.2, 0) is 11.3 Å². The predicted octanol–water partition coefficient (Wildman–Crippen LogP) is 1.47. The highest BCUT2D eigenvalue weighted by Gasteiger charge is 2.28. The first kappa shape index (κ1) is 10.7. The molecule has 4 heteroatoms. The van der Waals surface area contributed by atoms with Crippen LogP contribution < -0.4 is 0 Å². The Bertz CT molecular complexity index is 403. The van der Waals surface area contributed by atoms with Gasteiger partial charge in [-0.3, -0.25) is 9.69 Å². The van der Waals surface area contributed by atoms with Gasteiger partial charge in [0.05, 0.1) is 0 Å². The van der Waals surface area contributed by atoms with Gasteiger partial charge in [0.25, 0.3) is 0 Å². The third kappa shape index (κ3) is 2.05. The Balaban J connectivity index is 2.06. The second kappa shape index (κ2) is 4.35. The first-order valence-electron chi connectivity index (χ1n) is 5.28. The van der Waals surface area contributed by atoms with Crippen LogP contribution in [0.2, 0.25) is 0 Å². The zero-order valence-corrected chi connectivity index (χ0v) is 9.22. The maximum atomic E-state index is 11.8. The molecule has 1 saturated heterocycles. The number of carbonyl (C=O) groups is 2. The second-order valence-electron chi connectivity index (χ2n) is 3.89. The minimum absolute atomic E-state index is 0.102. The summed E-state index contributed by atoms with van der Waals surface area (Å²) in [4.78, 5) is 25.9. The molecule has 2 rings (SSSR count). The maximum Gasteiger partial charge on any atom is 0.326 e. The fourth-order valence-electron chi connectivity index (χ4n) is 1.76. The van der Waals surface area contributed by atoms with Crippen molar-refractivity contribution in [2.75, 3.05) is 13.6 Å². The van der Waals surface area contributed by atoms with Gasteiger partial charge in [-0.2, -0.15) is 0 Å². The average molecular weight is 218 g/mol. The van der Waals surface area contributed by atoms with Gasteiger partial charge < -0.3 is 4.90 Å². The first-order chi connectivity index (χ1) is 7.68. The van der Waals surface area contributed by atoms with E-state index >= 15 is 0 Å². The van der Waals surface area contributed by atoms with Crippen molar-refractivity contribution in [3.05, 3.63) is 35.9 Å². The van der Waals surface area contributed by atoms with Crippen LogP contribution in [0.1, 0.15) is 12.0 Å². The maximum absolute atomic E-state index is 11.8. The molecule has 1 aromatic carbocycles. The summed E-state index contributed by atoms with van der Waals surface area (Å²) in [5, 5.41) is 0. The molecule has 3 amide bonds. The van der Waals surface area contributed by atoms with Crippen molar-refractivity contribution < 1.29 is 9.59 Å². The van der Waals surface area contributed by atoms with Gasteiger partial charge in [0, 0.05) is 26.6 Å². The quantitative estimate of drug-likeness (QED) is 0.754. The summed E-state index contributed by atoms with van der Waals surface area (Å²) >= 11 is 0. The van der Waals surface area contributed by atoms with Gasteiger partial charge in [-0.05, 0) is 5.56 Å². The number of carbonyl (C=O) groups excluding carboxylic acids is 2. The number of hydrogen-bond donors (Lipinski definition) is 0. The number of urea groups is 1. The van der Waals surface area contributed by atoms with E-state index in [1.165, 1.54) is 11.9 Å². The van der Waals surface area contributed by atoms with E-state index in [0.717, 1.165) is 5.56 Å². The van der Waals surface area contributed by atoms with Crippen LogP contribution >= 0.6 is 0 Å². The van der Waals surface area contributed by atoms with E-state index < -0.39 is 0 Å². The van der Waals surface area contributed by atoms with Crippen LogP contribution in [0, 0.1) is 0 Å². The third-order valence-electron chi connectivity index (χ3n) is 2.74. The zero-order chi connectivity index (χ0) is 11.5. The Hall–Kier alpha value is -1.84. The van der Waals surface area contributed by atoms with Crippen molar-refractivity contribution in [1.82, 2.24) is 9.80 Å². The summed E-state index contributed by atoms with van der Waals surface area (Å²) < 4.78 is 0. The number of imide groups is 1. The summed E-state index contributed by atoms with van der Waals surface area (Å²) in [6.07, 6.45) is 0.412. The molecular formula is C12H14N2O2. The van der Waals surface area contributed by atoms with Gasteiger partial charge in [0.15, 0.2) is 0 Å². The van der Waals surface area contributed by atoms with E-state index in [-0.39, 0.29) is 11.9 Å². The van der Waals surface area contributed by atoms with E-state index in [9.17, 15) is 9.59 Å². The minimum Gasteiger partial charge on any atom is -0.319 e. The highest BCUT2D eigenvalue weighted by Crippen LogP contribution is 2.12. The van der Waals surface area contributed by atoms with Crippen molar-refractivity contribution >= 4 is 11.9 Å². The Kier molecular flexibility index (Phi) is 2.90. The molecule has 0 saturated carbocycles. The van der Waals surface area contributed by atoms with Crippen LogP contribution in [0.25, 0.3) is 0 Å². The molecule has 0 radical (unpaired) electrons. The lowest BCUT2D eigenvalue weighted by molar-refractivity contribution is -0.129. The van der Waals surface area contributed by atoms with Gasteiger partial charge in [-0.1, -0.05) is 30.3 Å². The molecule has 1 aliphatic rings. The van der Waals surface area contributed by atoms with Gasteiger partial charge in [0.1, 0.15) is 0 Å². The SMILES string of the molecule is CN1C(=O)CCN(Cc2ccccc2)C1=O. The highest BCUT2D eigenvalue weighted by atomic mass is 16.2. The monoisotopic (exact) mass is 218 g/mol. The third-order valence-corrected chi connectivity index (χ3v) is 2.74. The highest BCUT2D eigenvalue weighted by molar-refractivity contribution is 5.96. The summed E-state index contributed by atoms with van der Waals surface area (Å²) in [5.41, 5.74) is 1.08. The smallest absolute Gasteiger partial charge is 0.319 e. The Morgan fingerprint density at radius 2 is 1.88 bits per heavy atom. The molecule has 0 aromatic heterocycles. The van der Waals surface area contributed by atoms with Crippen LogP contribution in [0.5, 0.6) is 0 Å². The summed E-state index contributed by atoms with van der Waals surface area (Å²) in [6, 6.07) is 9.57. The Morgan fingerprint density at radius 1 is 1.19 bits per heavy atom. The van der Waals surface area contributed by atoms with Crippen molar-refractivity contribution in [2.24, 2.45) is 0 Å². The molecule has 0 aliphatic carbocycles. The van der Waals surface area contributed by atoms with E-state index in [4.69, 9.17) is 0 Å². The molecule has 1 heterocycles. The Labute approximate surface area is 94.5 Å². The van der Waals surface area contributed by atoms with Crippen LogP contribution in [0.3, 0.4) is 0 Å². The van der Waals surface area contributed by atoms with Crippen molar-refractivity contribution in [3.8, 4) is 0 Å². The summed E-state index contributed by atoms with van der Waals surface area (Å²) in [7, 11) is 1.53. The van der Waals surface area contributed by atoms with Gasteiger partial charge in [-0.25, -0.2) is 4.79 Å². The number of amides is 3. The fraction of sp³-hybridized carbons (Fsp3) is 0.333. The van der Waals surface area contributed by atoms with Crippen molar-refractivity contribution in [1.29, 1.82) is 0 Å². The molecule has 16 heavy (non-hydrogen) atoms. The molecule has 0 spiro atoms. The molecule has 1 aliphatic heterocycles. The lowest BCUT2D eigenvalue weighted by Gasteiger charge is -2.31. The van der Waals surface area contributed by atoms with E-state index in [0.29, 0.717) is 19.5 Å². The number of rotatable bonds is 2. The molecule has 0 unspecified atom stereocenters. The largest absolute Gasteiger partial charge is 0.326 e. The molecule has 0 atom stereocenters. The van der Waals surface area contributed by atoms with Gasteiger partial charge in [0.2, 0.25) is 5.91 Å². The number of hydrogen-bond acceptors (Lipinski definition) is 2.